The van der Waals surface area contributed by atoms with Crippen LogP contribution in [0.2, 0.25) is 0 Å². The molecule has 0 radical (unpaired) electrons. The number of benzene rings is 1. The van der Waals surface area contributed by atoms with E-state index in [1.807, 2.05) is 12.1 Å². The molecule has 3 nitrogen and oxygen atoms in total. The molecule has 2 rings (SSSR count). The van der Waals surface area contributed by atoms with Crippen LogP contribution in [0.1, 0.15) is 11.1 Å². The minimum Gasteiger partial charge on any atom is -0.395 e. The Kier molecular flexibility index (Phi) is 2.31. The number of hydrogen-bond donors (Lipinski definition) is 2. The Morgan fingerprint density at radius 2 is 2.08 bits per heavy atom. The van der Waals surface area contributed by atoms with Gasteiger partial charge in [-0.3, -0.25) is 5.84 Å². The van der Waals surface area contributed by atoms with Crippen molar-refractivity contribution in [1.29, 1.82) is 0 Å². The van der Waals surface area contributed by atoms with Crippen LogP contribution in [0.4, 0.5) is 0 Å². The van der Waals surface area contributed by atoms with E-state index in [2.05, 4.69) is 12.1 Å². The van der Waals surface area contributed by atoms with E-state index < -0.39 is 0 Å². The van der Waals surface area contributed by atoms with Crippen molar-refractivity contribution in [2.24, 2.45) is 5.84 Å². The highest BCUT2D eigenvalue weighted by molar-refractivity contribution is 5.29. The molecule has 1 heterocycles. The van der Waals surface area contributed by atoms with Crippen molar-refractivity contribution < 1.29 is 5.11 Å². The topological polar surface area (TPSA) is 49.5 Å². The summed E-state index contributed by atoms with van der Waals surface area (Å²) < 4.78 is 0. The molecule has 13 heavy (non-hydrogen) atoms. The van der Waals surface area contributed by atoms with Crippen molar-refractivity contribution in [3.8, 4) is 0 Å². The molecule has 1 aromatic rings. The van der Waals surface area contributed by atoms with Crippen LogP contribution in [0.25, 0.3) is 0 Å². The fourth-order valence-corrected chi connectivity index (χ4v) is 1.78. The van der Waals surface area contributed by atoms with E-state index >= 15 is 0 Å². The third-order valence-electron chi connectivity index (χ3n) is 2.61. The zero-order valence-electron chi connectivity index (χ0n) is 7.48. The van der Waals surface area contributed by atoms with Crippen molar-refractivity contribution in [2.75, 3.05) is 6.61 Å². The van der Waals surface area contributed by atoms with Crippen molar-refractivity contribution in [3.63, 3.8) is 0 Å². The highest BCUT2D eigenvalue weighted by atomic mass is 16.3. The number of nitrogens with zero attached hydrogens (tertiary/aromatic N) is 1. The van der Waals surface area contributed by atoms with Crippen molar-refractivity contribution in [2.45, 2.75) is 19.0 Å². The number of aliphatic hydroxyl groups is 1. The van der Waals surface area contributed by atoms with Gasteiger partial charge in [-0.1, -0.05) is 24.3 Å². The molecule has 0 spiro atoms. The summed E-state index contributed by atoms with van der Waals surface area (Å²) in [6.45, 7) is 0.867. The molecule has 0 saturated heterocycles. The second kappa shape index (κ2) is 3.46. The third kappa shape index (κ3) is 1.58. The molecule has 3 N–H and O–H groups in total. The molecule has 0 bridgehead atoms. The van der Waals surface area contributed by atoms with Gasteiger partial charge in [-0.15, -0.1) is 0 Å². The van der Waals surface area contributed by atoms with Gasteiger partial charge in [-0.25, -0.2) is 5.01 Å². The lowest BCUT2D eigenvalue weighted by molar-refractivity contribution is 0.107. The summed E-state index contributed by atoms with van der Waals surface area (Å²) in [6.07, 6.45) is 0.850. The summed E-state index contributed by atoms with van der Waals surface area (Å²) in [7, 11) is 0. The maximum absolute atomic E-state index is 9.07. The molecule has 1 aromatic carbocycles. The molecule has 0 aromatic heterocycles. The van der Waals surface area contributed by atoms with Gasteiger partial charge in [-0.05, 0) is 17.5 Å². The molecular formula is C10H14N2O. The molecule has 0 amide bonds. The Morgan fingerprint density at radius 1 is 1.38 bits per heavy atom. The summed E-state index contributed by atoms with van der Waals surface area (Å²) in [5.74, 6) is 5.78. The Balaban J connectivity index is 2.27. The molecule has 0 aliphatic carbocycles. The normalized spacial score (nSPS) is 22.8. The minimum absolute atomic E-state index is 0.0786. The zero-order valence-corrected chi connectivity index (χ0v) is 7.48. The lowest BCUT2D eigenvalue weighted by Gasteiger charge is -2.32. The van der Waals surface area contributed by atoms with E-state index in [0.29, 0.717) is 0 Å². The van der Waals surface area contributed by atoms with Crippen LogP contribution in [-0.2, 0) is 13.0 Å². The minimum atomic E-state index is 0.0786. The van der Waals surface area contributed by atoms with Gasteiger partial charge in [0.2, 0.25) is 0 Å². The SMILES string of the molecule is NN1Cc2ccccc2C[C@H]1CO. The molecule has 0 unspecified atom stereocenters. The van der Waals surface area contributed by atoms with Gasteiger partial charge in [0.05, 0.1) is 12.6 Å². The fourth-order valence-electron chi connectivity index (χ4n) is 1.78. The summed E-state index contributed by atoms with van der Waals surface area (Å²) in [4.78, 5) is 0. The van der Waals surface area contributed by atoms with Crippen LogP contribution in [-0.4, -0.2) is 22.8 Å². The molecule has 3 heteroatoms. The average Bonchev–Trinajstić information content (AvgIpc) is 2.17. The number of nitrogens with two attached hydrogens (primary N) is 1. The predicted molar refractivity (Wildman–Crippen MR) is 50.8 cm³/mol. The lowest BCUT2D eigenvalue weighted by Crippen LogP contribution is -2.46. The van der Waals surface area contributed by atoms with Gasteiger partial charge in [-0.2, -0.15) is 0 Å². The van der Waals surface area contributed by atoms with E-state index in [9.17, 15) is 0 Å². The van der Waals surface area contributed by atoms with Gasteiger partial charge in [0.25, 0.3) is 0 Å². The van der Waals surface area contributed by atoms with Crippen molar-refractivity contribution in [3.05, 3.63) is 35.4 Å². The lowest BCUT2D eigenvalue weighted by atomic mass is 9.96. The van der Waals surface area contributed by atoms with Crippen LogP contribution >= 0.6 is 0 Å². The number of rotatable bonds is 1. The van der Waals surface area contributed by atoms with E-state index in [1.165, 1.54) is 11.1 Å². The highest BCUT2D eigenvalue weighted by Crippen LogP contribution is 2.20. The molecular weight excluding hydrogens is 164 g/mol. The highest BCUT2D eigenvalue weighted by Gasteiger charge is 2.22. The number of fused-ring (bicyclic) bond motifs is 1. The monoisotopic (exact) mass is 178 g/mol. The number of aliphatic hydroxyl groups excluding tert-OH is 1. The first-order valence-corrected chi connectivity index (χ1v) is 4.50. The first-order valence-electron chi connectivity index (χ1n) is 4.50. The molecule has 1 aliphatic heterocycles. The molecule has 70 valence electrons. The largest absolute Gasteiger partial charge is 0.395 e. The van der Waals surface area contributed by atoms with E-state index in [0.717, 1.165) is 13.0 Å². The maximum atomic E-state index is 9.07. The Bertz CT molecular complexity index is 301. The van der Waals surface area contributed by atoms with Crippen LogP contribution < -0.4 is 5.84 Å². The first kappa shape index (κ1) is 8.69. The Labute approximate surface area is 77.7 Å². The Morgan fingerprint density at radius 3 is 2.77 bits per heavy atom. The number of hydrazine groups is 1. The molecule has 0 saturated carbocycles. The van der Waals surface area contributed by atoms with Gasteiger partial charge in [0.1, 0.15) is 0 Å². The standard InChI is InChI=1S/C10H14N2O/c11-12-6-9-4-2-1-3-8(9)5-10(12)7-13/h1-4,10,13H,5-7,11H2/t10-/m0/s1. The van der Waals surface area contributed by atoms with Gasteiger partial charge >= 0.3 is 0 Å². The van der Waals surface area contributed by atoms with E-state index in [4.69, 9.17) is 10.9 Å². The number of hydrogen-bond acceptors (Lipinski definition) is 3. The van der Waals surface area contributed by atoms with Crippen LogP contribution in [0, 0.1) is 0 Å². The second-order valence-corrected chi connectivity index (χ2v) is 3.48. The average molecular weight is 178 g/mol. The third-order valence-corrected chi connectivity index (χ3v) is 2.61. The summed E-state index contributed by atoms with van der Waals surface area (Å²) in [5.41, 5.74) is 2.58. The quantitative estimate of drug-likeness (QED) is 0.607. The van der Waals surface area contributed by atoms with E-state index in [-0.39, 0.29) is 12.6 Å². The fraction of sp³-hybridized carbons (Fsp3) is 0.400. The maximum Gasteiger partial charge on any atom is 0.0604 e. The van der Waals surface area contributed by atoms with Gasteiger partial charge in [0.15, 0.2) is 0 Å². The van der Waals surface area contributed by atoms with Crippen molar-refractivity contribution >= 4 is 0 Å². The van der Waals surface area contributed by atoms with Crippen LogP contribution in [0.3, 0.4) is 0 Å². The second-order valence-electron chi connectivity index (χ2n) is 3.48. The molecule has 1 atom stereocenters. The molecule has 1 aliphatic rings. The smallest absolute Gasteiger partial charge is 0.0604 e. The van der Waals surface area contributed by atoms with Crippen LogP contribution in [0.5, 0.6) is 0 Å². The molecule has 0 fully saturated rings. The van der Waals surface area contributed by atoms with Crippen LogP contribution in [0.15, 0.2) is 24.3 Å². The summed E-state index contributed by atoms with van der Waals surface area (Å²) in [5, 5.41) is 10.8. The Hall–Kier alpha value is -0.900. The van der Waals surface area contributed by atoms with Crippen molar-refractivity contribution in [1.82, 2.24) is 5.01 Å². The zero-order chi connectivity index (χ0) is 9.26. The first-order chi connectivity index (χ1) is 6.31. The van der Waals surface area contributed by atoms with Gasteiger partial charge < -0.3 is 5.11 Å². The van der Waals surface area contributed by atoms with E-state index in [1.54, 1.807) is 5.01 Å². The predicted octanol–water partition coefficient (Wildman–Crippen LogP) is 0.279. The summed E-state index contributed by atoms with van der Waals surface area (Å²) >= 11 is 0. The summed E-state index contributed by atoms with van der Waals surface area (Å²) in [6, 6.07) is 8.31. The van der Waals surface area contributed by atoms with Gasteiger partial charge in [0, 0.05) is 6.54 Å².